The van der Waals surface area contributed by atoms with Crippen LogP contribution in [0.25, 0.3) is 0 Å². The number of thiazole rings is 1. The fraction of sp³-hybridized carbons (Fsp3) is 0.654. The van der Waals surface area contributed by atoms with Crippen molar-refractivity contribution in [2.45, 2.75) is 84.0 Å². The highest BCUT2D eigenvalue weighted by Crippen LogP contribution is 2.34. The van der Waals surface area contributed by atoms with Crippen LogP contribution in [0.5, 0.6) is 0 Å². The number of rotatable bonds is 9. The normalized spacial score (nSPS) is 21.1. The highest BCUT2D eigenvalue weighted by Gasteiger charge is 2.29. The second-order valence-electron chi connectivity index (χ2n) is 9.92. The number of halogens is 3. The first-order chi connectivity index (χ1) is 16.7. The number of hydrogen-bond donors (Lipinski definition) is 0. The maximum atomic E-state index is 12.8. The van der Waals surface area contributed by atoms with E-state index in [4.69, 9.17) is 0 Å². The lowest BCUT2D eigenvalue weighted by Crippen LogP contribution is -2.32. The second-order valence-corrected chi connectivity index (χ2v) is 11.1. The van der Waals surface area contributed by atoms with E-state index >= 15 is 0 Å². The van der Waals surface area contributed by atoms with E-state index in [1.807, 2.05) is 6.92 Å². The Morgan fingerprint density at radius 2 is 1.91 bits per heavy atom. The van der Waals surface area contributed by atoms with Gasteiger partial charge in [0.2, 0.25) is 0 Å². The summed E-state index contributed by atoms with van der Waals surface area (Å²) in [6, 6.07) is 4.91. The van der Waals surface area contributed by atoms with Gasteiger partial charge in [-0.2, -0.15) is 13.2 Å². The Morgan fingerprint density at radius 3 is 2.63 bits per heavy atom. The number of carbonyl (C=O) groups is 1. The van der Waals surface area contributed by atoms with Crippen molar-refractivity contribution in [1.82, 2.24) is 14.5 Å². The predicted octanol–water partition coefficient (Wildman–Crippen LogP) is 5.65. The number of Topliss-reactive ketones (excluding diaryl/α,β-unsaturated/α-hetero) is 1. The van der Waals surface area contributed by atoms with Crippen LogP contribution in [0.1, 0.15) is 77.9 Å². The minimum atomic E-state index is -4.14. The van der Waals surface area contributed by atoms with Gasteiger partial charge in [0.1, 0.15) is 0 Å². The third kappa shape index (κ3) is 7.03. The van der Waals surface area contributed by atoms with E-state index in [1.165, 1.54) is 17.4 Å². The van der Waals surface area contributed by atoms with Crippen LogP contribution in [-0.4, -0.2) is 39.5 Å². The average molecular weight is 510 g/mol. The van der Waals surface area contributed by atoms with Crippen molar-refractivity contribution >= 4 is 17.1 Å². The molecule has 0 bridgehead atoms. The minimum Gasteiger partial charge on any atom is -0.306 e. The van der Waals surface area contributed by atoms with Gasteiger partial charge in [0.25, 0.3) is 5.56 Å². The van der Waals surface area contributed by atoms with E-state index in [9.17, 15) is 22.8 Å². The summed E-state index contributed by atoms with van der Waals surface area (Å²) in [5.74, 6) is 1.09. The number of hydrogen-bond acceptors (Lipinski definition) is 5. The molecule has 0 amide bonds. The number of aryl methyl sites for hydroxylation is 1. The van der Waals surface area contributed by atoms with Gasteiger partial charge in [0.05, 0.1) is 16.4 Å². The van der Waals surface area contributed by atoms with E-state index < -0.39 is 12.6 Å². The number of fused-ring (bicyclic) bond motifs is 1. The molecule has 0 saturated heterocycles. The Kier molecular flexibility index (Phi) is 8.47. The number of aromatic nitrogens is 2. The van der Waals surface area contributed by atoms with Crippen molar-refractivity contribution in [2.75, 3.05) is 13.1 Å². The summed E-state index contributed by atoms with van der Waals surface area (Å²) < 4.78 is 39.1. The Hall–Kier alpha value is -2.00. The molecule has 1 saturated carbocycles. The maximum Gasteiger partial charge on any atom is 0.389 e. The molecule has 3 heterocycles. The predicted molar refractivity (Wildman–Crippen MR) is 131 cm³/mol. The average Bonchev–Trinajstić information content (AvgIpc) is 3.24. The van der Waals surface area contributed by atoms with Crippen LogP contribution < -0.4 is 5.56 Å². The molecular formula is C26H34F3N3O2S. The van der Waals surface area contributed by atoms with Crippen LogP contribution in [-0.2, 0) is 25.9 Å². The summed E-state index contributed by atoms with van der Waals surface area (Å²) in [5.41, 5.74) is 1.37. The summed E-state index contributed by atoms with van der Waals surface area (Å²) in [7, 11) is 0. The molecule has 0 spiro atoms. The van der Waals surface area contributed by atoms with Gasteiger partial charge >= 0.3 is 6.18 Å². The Balaban J connectivity index is 1.20. The van der Waals surface area contributed by atoms with E-state index in [1.54, 1.807) is 16.7 Å². The van der Waals surface area contributed by atoms with Crippen molar-refractivity contribution in [3.63, 3.8) is 0 Å². The molecule has 2 aromatic heterocycles. The molecule has 1 aliphatic heterocycles. The Bertz CT molecular complexity index is 1070. The molecular weight excluding hydrogens is 475 g/mol. The molecule has 0 radical (unpaired) electrons. The van der Waals surface area contributed by atoms with Gasteiger partial charge in [-0.15, -0.1) is 11.3 Å². The van der Waals surface area contributed by atoms with E-state index in [-0.39, 0.29) is 17.8 Å². The van der Waals surface area contributed by atoms with Gasteiger partial charge in [-0.1, -0.05) is 18.9 Å². The molecule has 0 unspecified atom stereocenters. The molecule has 4 rings (SSSR count). The first-order valence-electron chi connectivity index (χ1n) is 12.7. The van der Waals surface area contributed by atoms with Crippen LogP contribution in [0, 0.1) is 11.8 Å². The number of nitrogens with zero attached hydrogens (tertiary/aromatic N) is 3. The topological polar surface area (TPSA) is 55.2 Å². The molecule has 1 fully saturated rings. The Labute approximate surface area is 208 Å². The minimum absolute atomic E-state index is 0.0202. The smallest absolute Gasteiger partial charge is 0.306 e. The van der Waals surface area contributed by atoms with Crippen LogP contribution >= 0.6 is 11.3 Å². The number of alkyl halides is 3. The lowest BCUT2D eigenvalue weighted by molar-refractivity contribution is -0.134. The summed E-state index contributed by atoms with van der Waals surface area (Å²) in [5, 5.41) is 0.605. The van der Waals surface area contributed by atoms with Crippen LogP contribution in [0.3, 0.4) is 0 Å². The summed E-state index contributed by atoms with van der Waals surface area (Å²) in [4.78, 5) is 32.9. The Morgan fingerprint density at radius 1 is 1.17 bits per heavy atom. The zero-order chi connectivity index (χ0) is 25.0. The van der Waals surface area contributed by atoms with Crippen LogP contribution in [0.2, 0.25) is 0 Å². The van der Waals surface area contributed by atoms with Crippen LogP contribution in [0.15, 0.2) is 23.0 Å². The van der Waals surface area contributed by atoms with Gasteiger partial charge in [-0.3, -0.25) is 14.5 Å². The highest BCUT2D eigenvalue weighted by atomic mass is 32.1. The highest BCUT2D eigenvalue weighted by molar-refractivity contribution is 7.11. The van der Waals surface area contributed by atoms with E-state index in [0.29, 0.717) is 35.5 Å². The number of ketones is 1. The van der Waals surface area contributed by atoms with Gasteiger partial charge in [0.15, 0.2) is 5.78 Å². The first-order valence-corrected chi connectivity index (χ1v) is 13.5. The molecule has 2 aromatic rings. The summed E-state index contributed by atoms with van der Waals surface area (Å²) in [6.07, 6.45) is 1.84. The van der Waals surface area contributed by atoms with Crippen LogP contribution in [0.4, 0.5) is 13.2 Å². The van der Waals surface area contributed by atoms with Gasteiger partial charge in [0, 0.05) is 49.8 Å². The lowest BCUT2D eigenvalue weighted by atomic mass is 9.78. The van der Waals surface area contributed by atoms with E-state index in [2.05, 4.69) is 9.88 Å². The monoisotopic (exact) mass is 509 g/mol. The van der Waals surface area contributed by atoms with Gasteiger partial charge in [-0.05, 0) is 57.1 Å². The fourth-order valence-electron chi connectivity index (χ4n) is 5.40. The largest absolute Gasteiger partial charge is 0.389 e. The third-order valence-corrected chi connectivity index (χ3v) is 8.64. The molecule has 5 nitrogen and oxygen atoms in total. The molecule has 9 heteroatoms. The molecule has 2 aliphatic rings. The van der Waals surface area contributed by atoms with Gasteiger partial charge < -0.3 is 4.57 Å². The van der Waals surface area contributed by atoms with Crippen molar-refractivity contribution in [3.05, 3.63) is 49.8 Å². The molecule has 35 heavy (non-hydrogen) atoms. The molecule has 192 valence electrons. The third-order valence-electron chi connectivity index (χ3n) is 7.42. The summed E-state index contributed by atoms with van der Waals surface area (Å²) >= 11 is 1.45. The van der Waals surface area contributed by atoms with Crippen molar-refractivity contribution in [2.24, 2.45) is 11.8 Å². The zero-order valence-corrected chi connectivity index (χ0v) is 21.1. The van der Waals surface area contributed by atoms with Crippen molar-refractivity contribution in [1.29, 1.82) is 0 Å². The SMILES string of the molecule is CCn1c(C(=O)CC2CCC(CCN3CCc4sc(CCC(F)(F)F)nc4C3)CC2)cccc1=O. The maximum absolute atomic E-state index is 12.8. The standard InChI is InChI=1S/C26H34F3N3O2S/c1-2-32-21(4-3-5-25(32)34)22(33)16-19-8-6-18(7-9-19)11-14-31-15-12-23-20(17-31)30-24(35-23)10-13-26(27,28)29/h3-5,18-19H,2,6-17H2,1H3. The van der Waals surface area contributed by atoms with Crippen molar-refractivity contribution in [3.8, 4) is 0 Å². The molecule has 0 N–H and O–H groups in total. The molecule has 0 atom stereocenters. The fourth-order valence-corrected chi connectivity index (χ4v) is 6.46. The van der Waals surface area contributed by atoms with Crippen molar-refractivity contribution < 1.29 is 18.0 Å². The second kappa shape index (κ2) is 11.4. The zero-order valence-electron chi connectivity index (χ0n) is 20.3. The lowest BCUT2D eigenvalue weighted by Gasteiger charge is -2.31. The summed E-state index contributed by atoms with van der Waals surface area (Å²) in [6.45, 7) is 5.04. The van der Waals surface area contributed by atoms with Gasteiger partial charge in [-0.25, -0.2) is 4.98 Å². The van der Waals surface area contributed by atoms with E-state index in [0.717, 1.165) is 68.7 Å². The first kappa shape index (κ1) is 26.1. The number of pyridine rings is 1. The number of carbonyl (C=O) groups excluding carboxylic acids is 1. The quantitative estimate of drug-likeness (QED) is 0.410. The molecule has 0 aromatic carbocycles. The molecule has 1 aliphatic carbocycles.